The average Bonchev–Trinajstić information content (AvgIpc) is 2.48. The third-order valence-corrected chi connectivity index (χ3v) is 3.65. The number of amides is 1. The monoisotopic (exact) mass is 257 g/mol. The van der Waals surface area contributed by atoms with Crippen LogP contribution in [-0.2, 0) is 0 Å². The van der Waals surface area contributed by atoms with Gasteiger partial charge in [0.15, 0.2) is 0 Å². The molecule has 1 aliphatic rings. The number of nitriles is 1. The highest BCUT2D eigenvalue weighted by atomic mass is 16.1. The molecular weight excluding hydrogens is 238 g/mol. The summed E-state index contributed by atoms with van der Waals surface area (Å²) in [6.07, 6.45) is 2.02. The Kier molecular flexibility index (Phi) is 4.53. The van der Waals surface area contributed by atoms with Crippen LogP contribution in [0, 0.1) is 11.3 Å². The fourth-order valence-electron chi connectivity index (χ4n) is 2.36. The summed E-state index contributed by atoms with van der Waals surface area (Å²) in [5.74, 6) is -0.0422. The van der Waals surface area contributed by atoms with Crippen LogP contribution in [0.15, 0.2) is 24.3 Å². The van der Waals surface area contributed by atoms with Crippen molar-refractivity contribution in [3.8, 4) is 6.07 Å². The van der Waals surface area contributed by atoms with Crippen molar-refractivity contribution >= 4 is 5.91 Å². The van der Waals surface area contributed by atoms with E-state index in [1.807, 2.05) is 6.07 Å². The number of hydrogen-bond donors (Lipinski definition) is 1. The Balaban J connectivity index is 1.89. The van der Waals surface area contributed by atoms with E-state index in [9.17, 15) is 4.79 Å². The van der Waals surface area contributed by atoms with Crippen molar-refractivity contribution in [2.45, 2.75) is 25.8 Å². The molecule has 4 heteroatoms. The van der Waals surface area contributed by atoms with Crippen LogP contribution >= 0.6 is 0 Å². The van der Waals surface area contributed by atoms with Crippen LogP contribution in [0.3, 0.4) is 0 Å². The molecule has 0 bridgehead atoms. The standard InChI is InChI=1S/C15H19N3O/c1-2-18-9-7-14(8-10-18)17-15(19)13-5-3-12(11-16)4-6-13/h3-6,14H,2,7-10H2,1H3,(H,17,19). The highest BCUT2D eigenvalue weighted by molar-refractivity contribution is 5.94. The lowest BCUT2D eigenvalue weighted by molar-refractivity contribution is 0.0912. The third kappa shape index (κ3) is 3.55. The summed E-state index contributed by atoms with van der Waals surface area (Å²) in [4.78, 5) is 14.4. The zero-order chi connectivity index (χ0) is 13.7. The van der Waals surface area contributed by atoms with Crippen molar-refractivity contribution in [3.63, 3.8) is 0 Å². The maximum absolute atomic E-state index is 12.1. The highest BCUT2D eigenvalue weighted by Gasteiger charge is 2.19. The first-order valence-electron chi connectivity index (χ1n) is 6.76. The molecule has 1 aliphatic heterocycles. The van der Waals surface area contributed by atoms with Gasteiger partial charge >= 0.3 is 0 Å². The average molecular weight is 257 g/mol. The van der Waals surface area contributed by atoms with E-state index in [2.05, 4.69) is 17.1 Å². The van der Waals surface area contributed by atoms with Gasteiger partial charge in [0.05, 0.1) is 11.6 Å². The Morgan fingerprint density at radius 3 is 2.53 bits per heavy atom. The third-order valence-electron chi connectivity index (χ3n) is 3.65. The molecule has 4 nitrogen and oxygen atoms in total. The largest absolute Gasteiger partial charge is 0.349 e. The van der Waals surface area contributed by atoms with Gasteiger partial charge in [-0.1, -0.05) is 6.92 Å². The summed E-state index contributed by atoms with van der Waals surface area (Å²) in [6, 6.07) is 9.08. The molecule has 0 saturated carbocycles. The number of carbonyl (C=O) groups is 1. The van der Waals surface area contributed by atoms with Gasteiger partial charge in [-0.2, -0.15) is 5.26 Å². The fourth-order valence-corrected chi connectivity index (χ4v) is 2.36. The van der Waals surface area contributed by atoms with Crippen LogP contribution in [0.1, 0.15) is 35.7 Å². The summed E-state index contributed by atoms with van der Waals surface area (Å²) < 4.78 is 0. The number of hydrogen-bond acceptors (Lipinski definition) is 3. The van der Waals surface area contributed by atoms with E-state index >= 15 is 0 Å². The van der Waals surface area contributed by atoms with E-state index in [1.165, 1.54) is 0 Å². The number of likely N-dealkylation sites (tertiary alicyclic amines) is 1. The molecule has 1 aromatic rings. The minimum Gasteiger partial charge on any atom is -0.349 e. The van der Waals surface area contributed by atoms with Crippen LogP contribution in [-0.4, -0.2) is 36.5 Å². The number of rotatable bonds is 3. The first-order valence-corrected chi connectivity index (χ1v) is 6.76. The minimum atomic E-state index is -0.0422. The van der Waals surface area contributed by atoms with Gasteiger partial charge in [0, 0.05) is 24.7 Å². The van der Waals surface area contributed by atoms with Gasteiger partial charge in [0.1, 0.15) is 0 Å². The van der Waals surface area contributed by atoms with Crippen molar-refractivity contribution in [3.05, 3.63) is 35.4 Å². The molecule has 1 saturated heterocycles. The minimum absolute atomic E-state index is 0.0422. The van der Waals surface area contributed by atoms with E-state index in [-0.39, 0.29) is 11.9 Å². The molecule has 0 aliphatic carbocycles. The van der Waals surface area contributed by atoms with Crippen molar-refractivity contribution in [2.75, 3.05) is 19.6 Å². The predicted molar refractivity (Wildman–Crippen MR) is 73.8 cm³/mol. The molecule has 2 rings (SSSR count). The molecule has 100 valence electrons. The van der Waals surface area contributed by atoms with E-state index in [1.54, 1.807) is 24.3 Å². The molecular formula is C15H19N3O. The Bertz CT molecular complexity index is 467. The maximum Gasteiger partial charge on any atom is 0.251 e. The lowest BCUT2D eigenvalue weighted by atomic mass is 10.0. The number of benzene rings is 1. The first-order chi connectivity index (χ1) is 9.22. The Morgan fingerprint density at radius 2 is 2.00 bits per heavy atom. The molecule has 0 radical (unpaired) electrons. The summed E-state index contributed by atoms with van der Waals surface area (Å²) >= 11 is 0. The normalized spacial score (nSPS) is 16.8. The lowest BCUT2D eigenvalue weighted by Crippen LogP contribution is -2.44. The number of piperidine rings is 1. The van der Waals surface area contributed by atoms with Gasteiger partial charge in [-0.05, 0) is 43.7 Å². The number of nitrogens with zero attached hydrogens (tertiary/aromatic N) is 2. The Labute approximate surface area is 114 Å². The molecule has 0 spiro atoms. The molecule has 1 amide bonds. The van der Waals surface area contributed by atoms with E-state index in [4.69, 9.17) is 5.26 Å². The van der Waals surface area contributed by atoms with Crippen molar-refractivity contribution in [2.24, 2.45) is 0 Å². The summed E-state index contributed by atoms with van der Waals surface area (Å²) in [5.41, 5.74) is 1.20. The van der Waals surface area contributed by atoms with Crippen LogP contribution in [0.25, 0.3) is 0 Å². The molecule has 0 atom stereocenters. The van der Waals surface area contributed by atoms with Crippen LogP contribution in [0.2, 0.25) is 0 Å². The smallest absolute Gasteiger partial charge is 0.251 e. The Morgan fingerprint density at radius 1 is 1.37 bits per heavy atom. The molecule has 1 heterocycles. The van der Waals surface area contributed by atoms with Crippen molar-refractivity contribution < 1.29 is 4.79 Å². The van der Waals surface area contributed by atoms with Gasteiger partial charge in [-0.25, -0.2) is 0 Å². The number of nitrogens with one attached hydrogen (secondary N) is 1. The first kappa shape index (κ1) is 13.6. The Hall–Kier alpha value is -1.86. The molecule has 0 unspecified atom stereocenters. The lowest BCUT2D eigenvalue weighted by Gasteiger charge is -2.31. The molecule has 1 N–H and O–H groups in total. The second-order valence-corrected chi connectivity index (χ2v) is 4.87. The zero-order valence-electron chi connectivity index (χ0n) is 11.2. The maximum atomic E-state index is 12.1. The van der Waals surface area contributed by atoms with Gasteiger partial charge < -0.3 is 10.2 Å². The van der Waals surface area contributed by atoms with Gasteiger partial charge in [-0.15, -0.1) is 0 Å². The van der Waals surface area contributed by atoms with Crippen molar-refractivity contribution in [1.29, 1.82) is 5.26 Å². The quantitative estimate of drug-likeness (QED) is 0.898. The molecule has 19 heavy (non-hydrogen) atoms. The van der Waals surface area contributed by atoms with E-state index in [0.717, 1.165) is 32.5 Å². The van der Waals surface area contributed by atoms with E-state index < -0.39 is 0 Å². The zero-order valence-corrected chi connectivity index (χ0v) is 11.2. The predicted octanol–water partition coefficient (Wildman–Crippen LogP) is 1.77. The SMILES string of the molecule is CCN1CCC(NC(=O)c2ccc(C#N)cc2)CC1. The van der Waals surface area contributed by atoms with E-state index in [0.29, 0.717) is 11.1 Å². The fraction of sp³-hybridized carbons (Fsp3) is 0.467. The second kappa shape index (κ2) is 6.35. The van der Waals surface area contributed by atoms with Crippen molar-refractivity contribution in [1.82, 2.24) is 10.2 Å². The molecule has 1 aromatic carbocycles. The van der Waals surface area contributed by atoms with Gasteiger partial charge in [0.2, 0.25) is 0 Å². The van der Waals surface area contributed by atoms with Gasteiger partial charge in [-0.3, -0.25) is 4.79 Å². The summed E-state index contributed by atoms with van der Waals surface area (Å²) in [7, 11) is 0. The number of carbonyl (C=O) groups excluding carboxylic acids is 1. The van der Waals surface area contributed by atoms with Crippen LogP contribution in [0.4, 0.5) is 0 Å². The summed E-state index contributed by atoms with van der Waals surface area (Å²) in [6.45, 7) is 5.34. The molecule has 0 aromatic heterocycles. The second-order valence-electron chi connectivity index (χ2n) is 4.87. The van der Waals surface area contributed by atoms with Crippen LogP contribution in [0.5, 0.6) is 0 Å². The highest BCUT2D eigenvalue weighted by Crippen LogP contribution is 2.11. The van der Waals surface area contributed by atoms with Gasteiger partial charge in [0.25, 0.3) is 5.91 Å². The van der Waals surface area contributed by atoms with Crippen LogP contribution < -0.4 is 5.32 Å². The topological polar surface area (TPSA) is 56.1 Å². The summed E-state index contributed by atoms with van der Waals surface area (Å²) in [5, 5.41) is 11.8. The molecule has 1 fully saturated rings.